The van der Waals surface area contributed by atoms with Crippen LogP contribution in [0.2, 0.25) is 5.02 Å². The first-order valence-corrected chi connectivity index (χ1v) is 12.6. The minimum atomic E-state index is -4.17. The van der Waals surface area contributed by atoms with Gasteiger partial charge >= 0.3 is 0 Å². The Labute approximate surface area is 207 Å². The highest BCUT2D eigenvalue weighted by atomic mass is 35.5. The number of methoxy groups -OCH3 is 1. The van der Waals surface area contributed by atoms with E-state index in [-0.39, 0.29) is 30.0 Å². The fourth-order valence-electron chi connectivity index (χ4n) is 3.96. The smallest absolute Gasteiger partial charge is 0.252 e. The lowest BCUT2D eigenvalue weighted by Crippen LogP contribution is -2.46. The second-order valence-electron chi connectivity index (χ2n) is 7.93. The molecule has 1 heterocycles. The molecule has 1 aliphatic heterocycles. The Bertz CT molecular complexity index is 1350. The number of imide groups is 1. The van der Waals surface area contributed by atoms with E-state index >= 15 is 0 Å². The second-order valence-corrected chi connectivity index (χ2v) is 10.3. The Morgan fingerprint density at radius 3 is 2.37 bits per heavy atom. The summed E-state index contributed by atoms with van der Waals surface area (Å²) in [7, 11) is -2.71. The topological polar surface area (TPSA) is 84.0 Å². The summed E-state index contributed by atoms with van der Waals surface area (Å²) in [5.41, 5.74) is 0.958. The van der Waals surface area contributed by atoms with Gasteiger partial charge in [0.25, 0.3) is 5.91 Å². The number of amides is 2. The highest BCUT2D eigenvalue weighted by Gasteiger charge is 2.46. The van der Waals surface area contributed by atoms with Crippen LogP contribution in [0.25, 0.3) is 0 Å². The molecule has 35 heavy (non-hydrogen) atoms. The van der Waals surface area contributed by atoms with Crippen molar-refractivity contribution in [3.8, 4) is 5.75 Å². The molecule has 0 spiro atoms. The van der Waals surface area contributed by atoms with E-state index in [2.05, 4.69) is 0 Å². The zero-order chi connectivity index (χ0) is 25.2. The van der Waals surface area contributed by atoms with E-state index in [1.165, 1.54) is 43.5 Å². The number of carbonyl (C=O) groups is 2. The predicted molar refractivity (Wildman–Crippen MR) is 129 cm³/mol. The van der Waals surface area contributed by atoms with Crippen LogP contribution >= 0.6 is 11.6 Å². The summed E-state index contributed by atoms with van der Waals surface area (Å²) in [6, 6.07) is 16.4. The van der Waals surface area contributed by atoms with Gasteiger partial charge in [-0.2, -0.15) is 4.31 Å². The molecule has 3 aromatic carbocycles. The molecule has 3 aromatic rings. The molecule has 2 amide bonds. The van der Waals surface area contributed by atoms with Crippen molar-refractivity contribution in [1.29, 1.82) is 0 Å². The first kappa shape index (κ1) is 24.8. The van der Waals surface area contributed by atoms with E-state index < -0.39 is 33.7 Å². The van der Waals surface area contributed by atoms with Gasteiger partial charge in [0.2, 0.25) is 15.9 Å². The molecular weight excluding hydrogens is 495 g/mol. The molecule has 0 aromatic heterocycles. The van der Waals surface area contributed by atoms with Gasteiger partial charge < -0.3 is 4.74 Å². The maximum Gasteiger partial charge on any atom is 0.252 e. The summed E-state index contributed by atoms with van der Waals surface area (Å²) >= 11 is 6.07. The first-order chi connectivity index (χ1) is 16.7. The number of hydrogen-bond acceptors (Lipinski definition) is 5. The number of carbonyl (C=O) groups excluding carboxylic acids is 2. The quantitative estimate of drug-likeness (QED) is 0.422. The van der Waals surface area contributed by atoms with E-state index in [1.807, 2.05) is 0 Å². The number of hydrogen-bond donors (Lipinski definition) is 0. The Kier molecular flexibility index (Phi) is 7.20. The molecule has 0 N–H and O–H groups in total. The van der Waals surface area contributed by atoms with Gasteiger partial charge in [0.05, 0.1) is 24.1 Å². The van der Waals surface area contributed by atoms with Crippen molar-refractivity contribution in [2.75, 3.05) is 18.6 Å². The second kappa shape index (κ2) is 10.2. The van der Waals surface area contributed by atoms with Gasteiger partial charge in [-0.25, -0.2) is 17.7 Å². The average molecular weight is 517 g/mol. The lowest BCUT2D eigenvalue weighted by molar-refractivity contribution is -0.122. The lowest BCUT2D eigenvalue weighted by Gasteiger charge is -2.27. The average Bonchev–Trinajstić information content (AvgIpc) is 3.13. The highest BCUT2D eigenvalue weighted by molar-refractivity contribution is 7.89. The van der Waals surface area contributed by atoms with Gasteiger partial charge in [-0.3, -0.25) is 9.59 Å². The summed E-state index contributed by atoms with van der Waals surface area (Å²) in [4.78, 5) is 27.0. The number of ether oxygens (including phenoxy) is 1. The Hall–Kier alpha value is -3.27. The van der Waals surface area contributed by atoms with Crippen LogP contribution in [0, 0.1) is 5.82 Å². The third-order valence-corrected chi connectivity index (χ3v) is 7.89. The van der Waals surface area contributed by atoms with E-state index in [4.69, 9.17) is 16.3 Å². The van der Waals surface area contributed by atoms with Gasteiger partial charge in [-0.15, -0.1) is 0 Å². The van der Waals surface area contributed by atoms with Crippen molar-refractivity contribution < 1.29 is 27.1 Å². The molecule has 1 unspecified atom stereocenters. The fraction of sp³-hybridized carbons (Fsp3) is 0.200. The number of nitrogens with zero attached hydrogens (tertiary/aromatic N) is 2. The first-order valence-electron chi connectivity index (χ1n) is 10.7. The summed E-state index contributed by atoms with van der Waals surface area (Å²) in [5, 5.41) is 0.502. The van der Waals surface area contributed by atoms with Gasteiger partial charge in [0, 0.05) is 11.6 Å². The van der Waals surface area contributed by atoms with Crippen molar-refractivity contribution in [2.24, 2.45) is 0 Å². The summed E-state index contributed by atoms with van der Waals surface area (Å²) < 4.78 is 46.9. The Morgan fingerprint density at radius 1 is 1.06 bits per heavy atom. The van der Waals surface area contributed by atoms with Crippen LogP contribution in [0.1, 0.15) is 12.0 Å². The zero-order valence-electron chi connectivity index (χ0n) is 18.7. The summed E-state index contributed by atoms with van der Waals surface area (Å²) in [5.74, 6) is -1.30. The van der Waals surface area contributed by atoms with Crippen LogP contribution in [0.3, 0.4) is 0 Å². The standard InChI is InChI=1S/C25H22ClFN2O5S/c1-34-21-9-11-22(12-10-21)35(32,33)28(14-13-17-3-2-4-18(26)15-17)23-16-24(30)29(25(23)31)20-7-5-19(27)6-8-20/h2-12,15,23H,13-14,16H2,1H3. The third kappa shape index (κ3) is 5.22. The fourth-order valence-corrected chi connectivity index (χ4v) is 5.76. The third-order valence-electron chi connectivity index (χ3n) is 5.73. The maximum atomic E-state index is 13.7. The SMILES string of the molecule is COc1ccc(S(=O)(=O)N(CCc2cccc(Cl)c2)C2CC(=O)N(c3ccc(F)cc3)C2=O)cc1. The minimum absolute atomic E-state index is 0.0372. The molecule has 0 bridgehead atoms. The maximum absolute atomic E-state index is 13.7. The van der Waals surface area contributed by atoms with Crippen LogP contribution in [-0.4, -0.2) is 44.2 Å². The molecule has 10 heteroatoms. The van der Waals surface area contributed by atoms with Crippen molar-refractivity contribution in [1.82, 2.24) is 4.31 Å². The monoisotopic (exact) mass is 516 g/mol. The van der Waals surface area contributed by atoms with E-state index in [9.17, 15) is 22.4 Å². The van der Waals surface area contributed by atoms with Crippen LogP contribution in [0.4, 0.5) is 10.1 Å². The van der Waals surface area contributed by atoms with Crippen LogP contribution in [-0.2, 0) is 26.0 Å². The summed E-state index contributed by atoms with van der Waals surface area (Å²) in [6.07, 6.45) is -0.0639. The predicted octanol–water partition coefficient (Wildman–Crippen LogP) is 4.05. The van der Waals surface area contributed by atoms with Crippen molar-refractivity contribution >= 4 is 39.1 Å². The van der Waals surface area contributed by atoms with Crippen LogP contribution in [0.5, 0.6) is 5.75 Å². The number of rotatable bonds is 8. The van der Waals surface area contributed by atoms with Crippen LogP contribution in [0.15, 0.2) is 77.7 Å². The highest BCUT2D eigenvalue weighted by Crippen LogP contribution is 2.30. The zero-order valence-corrected chi connectivity index (χ0v) is 20.3. The number of anilines is 1. The molecule has 0 radical (unpaired) electrons. The Balaban J connectivity index is 1.69. The van der Waals surface area contributed by atoms with E-state index in [0.717, 1.165) is 26.9 Å². The van der Waals surface area contributed by atoms with Gasteiger partial charge in [0.15, 0.2) is 0 Å². The van der Waals surface area contributed by atoms with Gasteiger partial charge in [-0.05, 0) is 72.6 Å². The molecule has 1 fully saturated rings. The van der Waals surface area contributed by atoms with Crippen molar-refractivity contribution in [2.45, 2.75) is 23.8 Å². The van der Waals surface area contributed by atoms with E-state index in [1.54, 1.807) is 24.3 Å². The van der Waals surface area contributed by atoms with Crippen molar-refractivity contribution in [3.05, 3.63) is 89.2 Å². The minimum Gasteiger partial charge on any atom is -0.497 e. The van der Waals surface area contributed by atoms with Gasteiger partial charge in [0.1, 0.15) is 17.6 Å². The number of sulfonamides is 1. The molecule has 1 aliphatic rings. The number of benzene rings is 3. The Morgan fingerprint density at radius 2 is 1.74 bits per heavy atom. The normalized spacial score (nSPS) is 16.2. The molecular formula is C25H22ClFN2O5S. The summed E-state index contributed by atoms with van der Waals surface area (Å²) in [6.45, 7) is -0.0599. The van der Waals surface area contributed by atoms with E-state index in [0.29, 0.717) is 10.8 Å². The molecule has 0 aliphatic carbocycles. The number of halogens is 2. The van der Waals surface area contributed by atoms with Gasteiger partial charge in [-0.1, -0.05) is 23.7 Å². The molecule has 1 saturated heterocycles. The van der Waals surface area contributed by atoms with Crippen molar-refractivity contribution in [3.63, 3.8) is 0 Å². The van der Waals surface area contributed by atoms with Crippen LogP contribution < -0.4 is 9.64 Å². The largest absolute Gasteiger partial charge is 0.497 e. The molecule has 4 rings (SSSR count). The lowest BCUT2D eigenvalue weighted by atomic mass is 10.1. The molecule has 0 saturated carbocycles. The molecule has 1 atom stereocenters. The molecule has 7 nitrogen and oxygen atoms in total. The molecule has 182 valence electrons.